The van der Waals surface area contributed by atoms with Gasteiger partial charge in [-0.2, -0.15) is 18.3 Å². The molecule has 5 nitrogen and oxygen atoms in total. The Morgan fingerprint density at radius 3 is 2.46 bits per heavy atom. The van der Waals surface area contributed by atoms with Crippen LogP contribution in [-0.4, -0.2) is 20.9 Å². The van der Waals surface area contributed by atoms with Crippen molar-refractivity contribution in [1.29, 1.82) is 0 Å². The van der Waals surface area contributed by atoms with Crippen LogP contribution in [0.4, 0.5) is 13.2 Å². The molecule has 2 aromatic rings. The van der Waals surface area contributed by atoms with E-state index in [1.165, 1.54) is 19.1 Å². The zero-order valence-corrected chi connectivity index (χ0v) is 14.3. The molecule has 2 N–H and O–H groups in total. The maximum Gasteiger partial charge on any atom is 0.416 e. The Labute approximate surface area is 148 Å². The van der Waals surface area contributed by atoms with Gasteiger partial charge in [0.05, 0.1) is 11.3 Å². The van der Waals surface area contributed by atoms with Crippen LogP contribution in [0.1, 0.15) is 42.3 Å². The molecule has 26 heavy (non-hydrogen) atoms. The molecule has 1 aromatic carbocycles. The van der Waals surface area contributed by atoms with Crippen molar-refractivity contribution in [2.45, 2.75) is 51.0 Å². The van der Waals surface area contributed by atoms with Crippen LogP contribution in [0.2, 0.25) is 0 Å². The van der Waals surface area contributed by atoms with Crippen molar-refractivity contribution >= 4 is 5.97 Å². The van der Waals surface area contributed by atoms with Crippen LogP contribution >= 0.6 is 0 Å². The van der Waals surface area contributed by atoms with E-state index in [9.17, 15) is 23.1 Å². The molecule has 1 aliphatic rings. The number of nitrogens with one attached hydrogen (secondary N) is 1. The normalized spacial score (nSPS) is 16.8. The van der Waals surface area contributed by atoms with Crippen molar-refractivity contribution in [2.75, 3.05) is 0 Å². The Balaban J connectivity index is 1.79. The number of benzene rings is 1. The molecule has 1 aromatic heterocycles. The number of halogens is 3. The zero-order valence-electron chi connectivity index (χ0n) is 14.3. The summed E-state index contributed by atoms with van der Waals surface area (Å²) in [5, 5.41) is 17.0. The highest BCUT2D eigenvalue weighted by Gasteiger charge is 2.36. The van der Waals surface area contributed by atoms with Crippen molar-refractivity contribution in [3.8, 4) is 0 Å². The molecule has 3 rings (SSSR count). The lowest BCUT2D eigenvalue weighted by Crippen LogP contribution is -2.46. The van der Waals surface area contributed by atoms with Gasteiger partial charge in [-0.15, -0.1) is 0 Å². The molecule has 0 amide bonds. The summed E-state index contributed by atoms with van der Waals surface area (Å²) in [6, 6.07) is 6.13. The maximum absolute atomic E-state index is 12.7. The minimum atomic E-state index is -4.46. The molecule has 0 radical (unpaired) electrons. The van der Waals surface area contributed by atoms with Gasteiger partial charge in [0.1, 0.15) is 5.54 Å². The summed E-state index contributed by atoms with van der Waals surface area (Å²) in [6.45, 7) is 2.50. The molecular formula is C18H20F3N3O2. The summed E-state index contributed by atoms with van der Waals surface area (Å²) in [5.41, 5.74) is -0.229. The molecule has 0 saturated carbocycles. The van der Waals surface area contributed by atoms with Crippen LogP contribution in [0.5, 0.6) is 0 Å². The van der Waals surface area contributed by atoms with Gasteiger partial charge in [-0.3, -0.25) is 10.00 Å². The SMILES string of the molecule is CC(NCc1cc2n(n1)CCCC2)(C(=O)O)c1ccc(C(F)(F)F)cc1. The lowest BCUT2D eigenvalue weighted by molar-refractivity contribution is -0.144. The molecule has 2 heterocycles. The van der Waals surface area contributed by atoms with Crippen LogP contribution in [0.15, 0.2) is 30.3 Å². The van der Waals surface area contributed by atoms with Crippen LogP contribution in [0.25, 0.3) is 0 Å². The summed E-state index contributed by atoms with van der Waals surface area (Å²) >= 11 is 0. The third kappa shape index (κ3) is 3.60. The second-order valence-corrected chi connectivity index (χ2v) is 6.67. The van der Waals surface area contributed by atoms with Gasteiger partial charge in [-0.05, 0) is 49.9 Å². The number of hydrogen-bond donors (Lipinski definition) is 2. The minimum Gasteiger partial charge on any atom is -0.480 e. The summed E-state index contributed by atoms with van der Waals surface area (Å²) in [4.78, 5) is 11.8. The van der Waals surface area contributed by atoms with Gasteiger partial charge < -0.3 is 5.11 Å². The molecule has 140 valence electrons. The van der Waals surface area contributed by atoms with Crippen LogP contribution in [-0.2, 0) is 36.0 Å². The smallest absolute Gasteiger partial charge is 0.416 e. The Morgan fingerprint density at radius 2 is 1.88 bits per heavy atom. The molecule has 0 spiro atoms. The number of nitrogens with zero attached hydrogens (tertiary/aromatic N) is 2. The van der Waals surface area contributed by atoms with Crippen LogP contribution in [0, 0.1) is 0 Å². The van der Waals surface area contributed by atoms with Gasteiger partial charge in [-0.25, -0.2) is 4.79 Å². The highest BCUT2D eigenvalue weighted by atomic mass is 19.4. The van der Waals surface area contributed by atoms with E-state index in [0.29, 0.717) is 0 Å². The van der Waals surface area contributed by atoms with Gasteiger partial charge >= 0.3 is 12.1 Å². The molecule has 0 saturated heterocycles. The molecule has 1 unspecified atom stereocenters. The third-order valence-corrected chi connectivity index (χ3v) is 4.81. The third-order valence-electron chi connectivity index (χ3n) is 4.81. The Morgan fingerprint density at radius 1 is 1.23 bits per heavy atom. The summed E-state index contributed by atoms with van der Waals surface area (Å²) in [5.74, 6) is -1.17. The number of rotatable bonds is 5. The number of carboxylic acids is 1. The number of alkyl halides is 3. The first-order valence-corrected chi connectivity index (χ1v) is 8.42. The van der Waals surface area contributed by atoms with E-state index in [1.807, 2.05) is 10.7 Å². The van der Waals surface area contributed by atoms with Crippen molar-refractivity contribution in [1.82, 2.24) is 15.1 Å². The molecule has 1 atom stereocenters. The zero-order chi connectivity index (χ0) is 18.9. The fourth-order valence-electron chi connectivity index (χ4n) is 3.12. The summed E-state index contributed by atoms with van der Waals surface area (Å²) in [7, 11) is 0. The number of aromatic nitrogens is 2. The average molecular weight is 367 g/mol. The number of carboxylic acid groups (broad SMARTS) is 1. The summed E-state index contributed by atoms with van der Waals surface area (Å²) in [6.07, 6.45) is -1.33. The Hall–Kier alpha value is -2.35. The van der Waals surface area contributed by atoms with Crippen molar-refractivity contribution in [3.05, 3.63) is 52.8 Å². The fraction of sp³-hybridized carbons (Fsp3) is 0.444. The second-order valence-electron chi connectivity index (χ2n) is 6.67. The predicted molar refractivity (Wildman–Crippen MR) is 88.4 cm³/mol. The van der Waals surface area contributed by atoms with E-state index in [1.54, 1.807) is 0 Å². The van der Waals surface area contributed by atoms with Crippen LogP contribution < -0.4 is 5.32 Å². The standard InChI is InChI=1S/C18H20F3N3O2/c1-17(16(25)26,12-5-7-13(8-6-12)18(19,20)21)22-11-14-10-15-4-2-3-9-24(15)23-14/h5-8,10,22H,2-4,9,11H2,1H3,(H,25,26). The number of fused-ring (bicyclic) bond motifs is 1. The Bertz CT molecular complexity index is 776. The van der Waals surface area contributed by atoms with E-state index < -0.39 is 23.2 Å². The van der Waals surface area contributed by atoms with E-state index >= 15 is 0 Å². The van der Waals surface area contributed by atoms with Gasteiger partial charge in [0.15, 0.2) is 0 Å². The van der Waals surface area contributed by atoms with E-state index in [2.05, 4.69) is 10.4 Å². The van der Waals surface area contributed by atoms with Crippen molar-refractivity contribution in [2.24, 2.45) is 0 Å². The van der Waals surface area contributed by atoms with Gasteiger partial charge in [0, 0.05) is 18.8 Å². The number of aryl methyl sites for hydroxylation is 2. The average Bonchev–Trinajstić information content (AvgIpc) is 3.02. The minimum absolute atomic E-state index is 0.212. The van der Waals surface area contributed by atoms with Crippen molar-refractivity contribution < 1.29 is 23.1 Å². The molecule has 8 heteroatoms. The topological polar surface area (TPSA) is 67.2 Å². The van der Waals surface area contributed by atoms with E-state index in [4.69, 9.17) is 0 Å². The highest BCUT2D eigenvalue weighted by molar-refractivity contribution is 5.80. The second kappa shape index (κ2) is 6.75. The highest BCUT2D eigenvalue weighted by Crippen LogP contribution is 2.31. The van der Waals surface area contributed by atoms with Gasteiger partial charge in [0.2, 0.25) is 0 Å². The summed E-state index contributed by atoms with van der Waals surface area (Å²) < 4.78 is 40.1. The monoisotopic (exact) mass is 367 g/mol. The predicted octanol–water partition coefficient (Wildman–Crippen LogP) is 3.33. The first kappa shape index (κ1) is 18.4. The first-order valence-electron chi connectivity index (χ1n) is 8.42. The first-order chi connectivity index (χ1) is 12.2. The number of carbonyl (C=O) groups is 1. The fourth-order valence-corrected chi connectivity index (χ4v) is 3.12. The molecule has 0 bridgehead atoms. The molecule has 0 fully saturated rings. The van der Waals surface area contributed by atoms with Crippen LogP contribution in [0.3, 0.4) is 0 Å². The molecule has 1 aliphatic heterocycles. The number of aliphatic carboxylic acids is 1. The largest absolute Gasteiger partial charge is 0.480 e. The van der Waals surface area contributed by atoms with E-state index in [0.717, 1.165) is 49.3 Å². The lowest BCUT2D eigenvalue weighted by Gasteiger charge is -2.27. The Kier molecular flexibility index (Phi) is 4.79. The van der Waals surface area contributed by atoms with Gasteiger partial charge in [-0.1, -0.05) is 12.1 Å². The van der Waals surface area contributed by atoms with Crippen molar-refractivity contribution in [3.63, 3.8) is 0 Å². The van der Waals surface area contributed by atoms with E-state index in [-0.39, 0.29) is 12.1 Å². The van der Waals surface area contributed by atoms with Gasteiger partial charge in [0.25, 0.3) is 0 Å². The molecule has 0 aliphatic carbocycles. The maximum atomic E-state index is 12.7. The molecular weight excluding hydrogens is 347 g/mol. The quantitative estimate of drug-likeness (QED) is 0.851. The lowest BCUT2D eigenvalue weighted by atomic mass is 9.91. The number of hydrogen-bond acceptors (Lipinski definition) is 3.